The van der Waals surface area contributed by atoms with Gasteiger partial charge in [-0.25, -0.2) is 4.98 Å². The summed E-state index contributed by atoms with van der Waals surface area (Å²) in [6.45, 7) is 8.98. The van der Waals surface area contributed by atoms with Crippen molar-refractivity contribution < 1.29 is 4.79 Å². The van der Waals surface area contributed by atoms with Crippen molar-refractivity contribution in [2.45, 2.75) is 47.1 Å². The number of carbonyl (C=O) groups excluding carboxylic acids is 1. The number of amides is 1. The molecule has 0 atom stereocenters. The van der Waals surface area contributed by atoms with E-state index >= 15 is 0 Å². The molecule has 5 nitrogen and oxygen atoms in total. The normalized spacial score (nSPS) is 11.0. The second kappa shape index (κ2) is 7.20. The van der Waals surface area contributed by atoms with E-state index in [2.05, 4.69) is 29.2 Å². The standard InChI is InChI=1S/C17H24N4O/c1-5-13-8-7-9-16(18-13)19-17(22)15-11-14(10-12(3)4)20-21(15)6-2/h7-9,11-12H,5-6,10H2,1-4H3,(H,18,19,22). The first-order chi connectivity index (χ1) is 10.5. The van der Waals surface area contributed by atoms with Crippen LogP contribution < -0.4 is 5.32 Å². The Morgan fingerprint density at radius 1 is 1.27 bits per heavy atom. The fourth-order valence-corrected chi connectivity index (χ4v) is 2.34. The van der Waals surface area contributed by atoms with Crippen molar-refractivity contribution >= 4 is 11.7 Å². The van der Waals surface area contributed by atoms with Crippen LogP contribution in [-0.2, 0) is 19.4 Å². The third kappa shape index (κ3) is 3.93. The minimum absolute atomic E-state index is 0.162. The van der Waals surface area contributed by atoms with E-state index in [4.69, 9.17) is 0 Å². The molecule has 0 unspecified atom stereocenters. The molecule has 5 heteroatoms. The number of nitrogens with zero attached hydrogens (tertiary/aromatic N) is 3. The summed E-state index contributed by atoms with van der Waals surface area (Å²) in [4.78, 5) is 16.9. The summed E-state index contributed by atoms with van der Waals surface area (Å²) in [5, 5.41) is 7.36. The quantitative estimate of drug-likeness (QED) is 0.890. The fourth-order valence-electron chi connectivity index (χ4n) is 2.34. The molecule has 0 saturated carbocycles. The third-order valence-corrected chi connectivity index (χ3v) is 3.39. The molecular weight excluding hydrogens is 276 g/mol. The molecule has 0 aliphatic rings. The summed E-state index contributed by atoms with van der Waals surface area (Å²) in [6, 6.07) is 7.54. The maximum Gasteiger partial charge on any atom is 0.275 e. The number of hydrogen-bond donors (Lipinski definition) is 1. The van der Waals surface area contributed by atoms with Crippen LogP contribution in [0.3, 0.4) is 0 Å². The molecule has 0 saturated heterocycles. The van der Waals surface area contributed by atoms with Crippen LogP contribution in [0, 0.1) is 5.92 Å². The van der Waals surface area contributed by atoms with Gasteiger partial charge in [0.25, 0.3) is 5.91 Å². The van der Waals surface area contributed by atoms with Crippen LogP contribution in [0.5, 0.6) is 0 Å². The van der Waals surface area contributed by atoms with Crippen molar-refractivity contribution in [3.63, 3.8) is 0 Å². The van der Waals surface area contributed by atoms with Crippen LogP contribution in [0.4, 0.5) is 5.82 Å². The molecule has 2 aromatic heterocycles. The molecule has 0 radical (unpaired) electrons. The van der Waals surface area contributed by atoms with Crippen LogP contribution in [0.25, 0.3) is 0 Å². The van der Waals surface area contributed by atoms with E-state index in [-0.39, 0.29) is 5.91 Å². The van der Waals surface area contributed by atoms with Crippen LogP contribution in [0.15, 0.2) is 24.3 Å². The van der Waals surface area contributed by atoms with E-state index in [1.807, 2.05) is 32.0 Å². The zero-order valence-electron chi connectivity index (χ0n) is 13.8. The Bertz CT molecular complexity index is 646. The van der Waals surface area contributed by atoms with Crippen molar-refractivity contribution in [1.82, 2.24) is 14.8 Å². The predicted molar refractivity (Wildman–Crippen MR) is 88.0 cm³/mol. The molecule has 22 heavy (non-hydrogen) atoms. The lowest BCUT2D eigenvalue weighted by Gasteiger charge is -2.06. The van der Waals surface area contributed by atoms with Gasteiger partial charge in [0, 0.05) is 12.2 Å². The molecule has 0 spiro atoms. The molecule has 0 fully saturated rings. The first kappa shape index (κ1) is 16.2. The summed E-state index contributed by atoms with van der Waals surface area (Å²) in [6.07, 6.45) is 1.71. The van der Waals surface area contributed by atoms with Gasteiger partial charge in [-0.05, 0) is 43.9 Å². The van der Waals surface area contributed by atoms with Gasteiger partial charge in [0.15, 0.2) is 0 Å². The van der Waals surface area contributed by atoms with Gasteiger partial charge in [0.1, 0.15) is 11.5 Å². The van der Waals surface area contributed by atoms with Gasteiger partial charge in [0.05, 0.1) is 5.69 Å². The average molecular weight is 300 g/mol. The number of nitrogens with one attached hydrogen (secondary N) is 1. The van der Waals surface area contributed by atoms with E-state index in [0.29, 0.717) is 24.0 Å². The number of pyridine rings is 1. The summed E-state index contributed by atoms with van der Waals surface area (Å²) >= 11 is 0. The van der Waals surface area contributed by atoms with Crippen LogP contribution >= 0.6 is 0 Å². The number of aryl methyl sites for hydroxylation is 2. The van der Waals surface area contributed by atoms with Crippen LogP contribution in [0.1, 0.15) is 49.6 Å². The number of carbonyl (C=O) groups is 1. The Labute approximate surface area is 131 Å². The molecule has 1 amide bonds. The zero-order chi connectivity index (χ0) is 16.1. The van der Waals surface area contributed by atoms with E-state index in [1.54, 1.807) is 10.7 Å². The van der Waals surface area contributed by atoms with Gasteiger partial charge in [-0.1, -0.05) is 26.8 Å². The first-order valence-electron chi connectivity index (χ1n) is 7.87. The number of hydrogen-bond acceptors (Lipinski definition) is 3. The highest BCUT2D eigenvalue weighted by molar-refractivity contribution is 6.02. The van der Waals surface area contributed by atoms with Gasteiger partial charge in [-0.2, -0.15) is 5.10 Å². The number of anilines is 1. The van der Waals surface area contributed by atoms with Gasteiger partial charge in [0.2, 0.25) is 0 Å². The lowest BCUT2D eigenvalue weighted by atomic mass is 10.1. The predicted octanol–water partition coefficient (Wildman–Crippen LogP) is 3.31. The molecular formula is C17H24N4O. The number of aromatic nitrogens is 3. The molecule has 2 aromatic rings. The molecule has 0 aliphatic heterocycles. The average Bonchev–Trinajstić information content (AvgIpc) is 2.89. The number of rotatable bonds is 6. The highest BCUT2D eigenvalue weighted by Gasteiger charge is 2.15. The van der Waals surface area contributed by atoms with Crippen LogP contribution in [0.2, 0.25) is 0 Å². The monoisotopic (exact) mass is 300 g/mol. The SMILES string of the molecule is CCc1cccc(NC(=O)c2cc(CC(C)C)nn2CC)n1. The Morgan fingerprint density at radius 2 is 2.05 bits per heavy atom. The molecule has 0 aromatic carbocycles. The molecule has 0 aliphatic carbocycles. The second-order valence-electron chi connectivity index (χ2n) is 5.76. The van der Waals surface area contributed by atoms with Gasteiger partial charge in [-0.15, -0.1) is 0 Å². The maximum absolute atomic E-state index is 12.5. The zero-order valence-corrected chi connectivity index (χ0v) is 13.8. The second-order valence-corrected chi connectivity index (χ2v) is 5.76. The van der Waals surface area contributed by atoms with E-state index in [0.717, 1.165) is 24.2 Å². The Kier molecular flexibility index (Phi) is 5.31. The highest BCUT2D eigenvalue weighted by atomic mass is 16.2. The molecule has 118 valence electrons. The third-order valence-electron chi connectivity index (χ3n) is 3.39. The van der Waals surface area contributed by atoms with E-state index in [9.17, 15) is 4.79 Å². The van der Waals surface area contributed by atoms with Gasteiger partial charge in [-0.3, -0.25) is 9.48 Å². The largest absolute Gasteiger partial charge is 0.305 e. The lowest BCUT2D eigenvalue weighted by molar-refractivity contribution is 0.101. The summed E-state index contributed by atoms with van der Waals surface area (Å²) < 4.78 is 1.75. The van der Waals surface area contributed by atoms with Crippen molar-refractivity contribution in [3.05, 3.63) is 41.3 Å². The summed E-state index contributed by atoms with van der Waals surface area (Å²) in [5.41, 5.74) is 2.50. The van der Waals surface area contributed by atoms with E-state index in [1.165, 1.54) is 0 Å². The van der Waals surface area contributed by atoms with Crippen molar-refractivity contribution in [3.8, 4) is 0 Å². The van der Waals surface area contributed by atoms with E-state index < -0.39 is 0 Å². The minimum atomic E-state index is -0.162. The fraction of sp³-hybridized carbons (Fsp3) is 0.471. The molecule has 0 bridgehead atoms. The molecule has 2 heterocycles. The highest BCUT2D eigenvalue weighted by Crippen LogP contribution is 2.12. The Morgan fingerprint density at radius 3 is 2.68 bits per heavy atom. The Hall–Kier alpha value is -2.17. The van der Waals surface area contributed by atoms with Gasteiger partial charge >= 0.3 is 0 Å². The van der Waals surface area contributed by atoms with Crippen molar-refractivity contribution in [2.24, 2.45) is 5.92 Å². The molecule has 2 rings (SSSR count). The maximum atomic E-state index is 12.5. The summed E-state index contributed by atoms with van der Waals surface area (Å²) in [7, 11) is 0. The smallest absolute Gasteiger partial charge is 0.275 e. The van der Waals surface area contributed by atoms with Crippen molar-refractivity contribution in [1.29, 1.82) is 0 Å². The lowest BCUT2D eigenvalue weighted by Crippen LogP contribution is -2.18. The Balaban J connectivity index is 2.19. The van der Waals surface area contributed by atoms with Gasteiger partial charge < -0.3 is 5.32 Å². The van der Waals surface area contributed by atoms with Crippen LogP contribution in [-0.4, -0.2) is 20.7 Å². The summed E-state index contributed by atoms with van der Waals surface area (Å²) in [5.74, 6) is 0.933. The minimum Gasteiger partial charge on any atom is -0.305 e. The first-order valence-corrected chi connectivity index (χ1v) is 7.87. The topological polar surface area (TPSA) is 59.8 Å². The molecule has 1 N–H and O–H groups in total. The van der Waals surface area contributed by atoms with Crippen molar-refractivity contribution in [2.75, 3.05) is 5.32 Å².